The number of rotatable bonds is 8. The summed E-state index contributed by atoms with van der Waals surface area (Å²) in [6.07, 6.45) is 8.48. The molecule has 7 nitrogen and oxygen atoms in total. The van der Waals surface area contributed by atoms with Crippen molar-refractivity contribution in [2.75, 3.05) is 12.0 Å². The predicted octanol–water partition coefficient (Wildman–Crippen LogP) is 3.40. The Morgan fingerprint density at radius 2 is 2.21 bits per heavy atom. The fraction of sp³-hybridized carbons (Fsp3) is 0.250. The maximum Gasteiger partial charge on any atom is 0.226 e. The van der Waals surface area contributed by atoms with Gasteiger partial charge in [-0.3, -0.25) is 14.2 Å². The Morgan fingerprint density at radius 1 is 1.28 bits per heavy atom. The van der Waals surface area contributed by atoms with Gasteiger partial charge < -0.3 is 5.32 Å². The van der Waals surface area contributed by atoms with Gasteiger partial charge in [0.25, 0.3) is 0 Å². The molecule has 0 aliphatic carbocycles. The number of carbonyl (C=O) groups is 1. The summed E-state index contributed by atoms with van der Waals surface area (Å²) in [4.78, 5) is 21.4. The van der Waals surface area contributed by atoms with Crippen LogP contribution in [0, 0.1) is 0 Å². The van der Waals surface area contributed by atoms with Crippen LogP contribution in [-0.4, -0.2) is 42.5 Å². The number of hydrogen-bond acceptors (Lipinski definition) is 7. The van der Waals surface area contributed by atoms with Crippen LogP contribution in [0.2, 0.25) is 0 Å². The molecule has 29 heavy (non-hydrogen) atoms. The number of thiazole rings is 1. The maximum absolute atomic E-state index is 12.7. The molecule has 4 rings (SSSR count). The molecule has 1 amide bonds. The number of aromatic nitrogens is 5. The quantitative estimate of drug-likeness (QED) is 0.467. The Hall–Kier alpha value is -2.78. The number of amides is 1. The molecule has 0 saturated heterocycles. The summed E-state index contributed by atoms with van der Waals surface area (Å²) < 4.78 is 1.93. The molecule has 0 spiro atoms. The van der Waals surface area contributed by atoms with E-state index in [4.69, 9.17) is 0 Å². The number of carbonyl (C=O) groups excluding carboxylic acids is 1. The molecule has 4 heterocycles. The predicted molar refractivity (Wildman–Crippen MR) is 116 cm³/mol. The molecule has 4 aromatic heterocycles. The third kappa shape index (κ3) is 4.63. The molecular formula is C20H20N6OS2. The first-order chi connectivity index (χ1) is 14.2. The lowest BCUT2D eigenvalue weighted by atomic mass is 10.2. The zero-order chi connectivity index (χ0) is 20.1. The van der Waals surface area contributed by atoms with E-state index < -0.39 is 0 Å². The Bertz CT molecular complexity index is 1090. The lowest BCUT2D eigenvalue weighted by Gasteiger charge is -2.16. The van der Waals surface area contributed by atoms with Crippen LogP contribution in [-0.2, 0) is 11.2 Å². The molecule has 0 unspecified atom stereocenters. The van der Waals surface area contributed by atoms with Gasteiger partial charge in [0.1, 0.15) is 5.01 Å². The number of pyridine rings is 2. The average molecular weight is 425 g/mol. The molecule has 4 aromatic rings. The summed E-state index contributed by atoms with van der Waals surface area (Å²) in [5.74, 6) is 1.58. The van der Waals surface area contributed by atoms with E-state index in [9.17, 15) is 4.79 Å². The highest BCUT2D eigenvalue weighted by atomic mass is 32.2. The molecular weight excluding hydrogens is 404 g/mol. The normalized spacial score (nSPS) is 12.2. The van der Waals surface area contributed by atoms with Gasteiger partial charge in [-0.05, 0) is 42.7 Å². The van der Waals surface area contributed by atoms with Gasteiger partial charge in [0.05, 0.1) is 18.2 Å². The molecule has 0 aromatic carbocycles. The molecule has 0 saturated carbocycles. The summed E-state index contributed by atoms with van der Waals surface area (Å²) in [5, 5.41) is 14.4. The van der Waals surface area contributed by atoms with Crippen LogP contribution in [0.1, 0.15) is 24.0 Å². The zero-order valence-electron chi connectivity index (χ0n) is 15.9. The van der Waals surface area contributed by atoms with E-state index in [0.29, 0.717) is 0 Å². The first-order valence-electron chi connectivity index (χ1n) is 9.17. The molecule has 0 fully saturated rings. The third-order valence-corrected chi connectivity index (χ3v) is 5.98. The van der Waals surface area contributed by atoms with Gasteiger partial charge in [-0.15, -0.1) is 21.5 Å². The van der Waals surface area contributed by atoms with Crippen molar-refractivity contribution in [1.29, 1.82) is 0 Å². The van der Waals surface area contributed by atoms with E-state index in [1.807, 2.05) is 46.3 Å². The Labute approximate surface area is 176 Å². The average Bonchev–Trinajstić information content (AvgIpc) is 3.39. The van der Waals surface area contributed by atoms with Crippen molar-refractivity contribution in [3.8, 4) is 10.6 Å². The van der Waals surface area contributed by atoms with Crippen molar-refractivity contribution < 1.29 is 4.79 Å². The minimum Gasteiger partial charge on any atom is -0.346 e. The molecule has 0 aliphatic heterocycles. The molecule has 1 N–H and O–H groups in total. The second-order valence-corrected chi connectivity index (χ2v) is 8.29. The topological polar surface area (TPSA) is 85.1 Å². The lowest BCUT2D eigenvalue weighted by molar-refractivity contribution is -0.121. The van der Waals surface area contributed by atoms with E-state index in [1.165, 1.54) is 11.3 Å². The second kappa shape index (κ2) is 9.15. The highest BCUT2D eigenvalue weighted by molar-refractivity contribution is 7.98. The van der Waals surface area contributed by atoms with Crippen molar-refractivity contribution in [1.82, 2.24) is 29.9 Å². The number of thioether (sulfide) groups is 1. The van der Waals surface area contributed by atoms with Crippen molar-refractivity contribution >= 4 is 34.7 Å². The van der Waals surface area contributed by atoms with E-state index >= 15 is 0 Å². The number of hydrogen-bond donors (Lipinski definition) is 1. The number of nitrogens with one attached hydrogen (secondary N) is 1. The van der Waals surface area contributed by atoms with Crippen molar-refractivity contribution in [3.05, 3.63) is 65.8 Å². The summed E-state index contributed by atoms with van der Waals surface area (Å²) in [5.41, 5.74) is 2.48. The monoisotopic (exact) mass is 424 g/mol. The van der Waals surface area contributed by atoms with Crippen LogP contribution in [0.15, 0.2) is 54.3 Å². The van der Waals surface area contributed by atoms with Gasteiger partial charge in [-0.1, -0.05) is 6.07 Å². The fourth-order valence-electron chi connectivity index (χ4n) is 3.02. The SMILES string of the molecule is CSCC[C@H](NC(=O)Cc1csc(-c2cccnc2)n1)c1nnc2ccccn12. The number of nitrogens with zero attached hydrogens (tertiary/aromatic N) is 5. The number of fused-ring (bicyclic) bond motifs is 1. The third-order valence-electron chi connectivity index (χ3n) is 4.40. The van der Waals surface area contributed by atoms with Crippen LogP contribution in [0.4, 0.5) is 0 Å². The van der Waals surface area contributed by atoms with Gasteiger partial charge >= 0.3 is 0 Å². The second-order valence-electron chi connectivity index (χ2n) is 6.45. The molecule has 148 valence electrons. The van der Waals surface area contributed by atoms with E-state index in [2.05, 4.69) is 31.7 Å². The van der Waals surface area contributed by atoms with Gasteiger partial charge in [-0.2, -0.15) is 11.8 Å². The smallest absolute Gasteiger partial charge is 0.226 e. The Kier molecular flexibility index (Phi) is 6.16. The van der Waals surface area contributed by atoms with Crippen molar-refractivity contribution in [2.45, 2.75) is 18.9 Å². The van der Waals surface area contributed by atoms with Gasteiger partial charge in [0.2, 0.25) is 5.91 Å². The van der Waals surface area contributed by atoms with Gasteiger partial charge in [-0.25, -0.2) is 4.98 Å². The van der Waals surface area contributed by atoms with Gasteiger partial charge in [0, 0.05) is 29.5 Å². The summed E-state index contributed by atoms with van der Waals surface area (Å²) in [6.45, 7) is 0. The molecule has 0 bridgehead atoms. The highest BCUT2D eigenvalue weighted by Gasteiger charge is 2.21. The Morgan fingerprint density at radius 3 is 3.03 bits per heavy atom. The van der Waals surface area contributed by atoms with Crippen LogP contribution < -0.4 is 5.32 Å². The van der Waals surface area contributed by atoms with Crippen LogP contribution in [0.25, 0.3) is 16.2 Å². The van der Waals surface area contributed by atoms with E-state index in [-0.39, 0.29) is 18.4 Å². The minimum absolute atomic E-state index is 0.0770. The lowest BCUT2D eigenvalue weighted by Crippen LogP contribution is -2.31. The van der Waals surface area contributed by atoms with E-state index in [1.54, 1.807) is 24.2 Å². The Balaban J connectivity index is 1.48. The highest BCUT2D eigenvalue weighted by Crippen LogP contribution is 2.23. The van der Waals surface area contributed by atoms with Crippen LogP contribution in [0.3, 0.4) is 0 Å². The van der Waals surface area contributed by atoms with E-state index in [0.717, 1.165) is 39.9 Å². The fourth-order valence-corrected chi connectivity index (χ4v) is 4.30. The first kappa shape index (κ1) is 19.5. The standard InChI is InChI=1S/C20H20N6OS2/c1-28-10-7-16(19-25-24-17-6-2-3-9-26(17)19)23-18(27)11-15-13-29-20(22-15)14-5-4-8-21-12-14/h2-6,8-9,12-13,16H,7,10-11H2,1H3,(H,23,27)/t16-/m0/s1. The van der Waals surface area contributed by atoms with Crippen molar-refractivity contribution in [2.24, 2.45) is 0 Å². The largest absolute Gasteiger partial charge is 0.346 e. The van der Waals surface area contributed by atoms with Crippen molar-refractivity contribution in [3.63, 3.8) is 0 Å². The summed E-state index contributed by atoms with van der Waals surface area (Å²) in [6, 6.07) is 9.39. The molecule has 0 radical (unpaired) electrons. The summed E-state index contributed by atoms with van der Waals surface area (Å²) >= 11 is 3.26. The summed E-state index contributed by atoms with van der Waals surface area (Å²) in [7, 11) is 0. The first-order valence-corrected chi connectivity index (χ1v) is 11.4. The van der Waals surface area contributed by atoms with Gasteiger partial charge in [0.15, 0.2) is 11.5 Å². The van der Waals surface area contributed by atoms with Crippen LogP contribution in [0.5, 0.6) is 0 Å². The van der Waals surface area contributed by atoms with Crippen LogP contribution >= 0.6 is 23.1 Å². The molecule has 1 atom stereocenters. The zero-order valence-corrected chi connectivity index (χ0v) is 17.5. The maximum atomic E-state index is 12.7. The molecule has 9 heteroatoms. The molecule has 0 aliphatic rings. The minimum atomic E-state index is -0.205.